The number of allylic oxidation sites excluding steroid dienone is 3. The Hall–Kier alpha value is -2.60. The van der Waals surface area contributed by atoms with Crippen LogP contribution in [0.25, 0.3) is 5.57 Å². The van der Waals surface area contributed by atoms with Crippen molar-refractivity contribution in [3.8, 4) is 0 Å². The molecule has 6 heteroatoms. The topological polar surface area (TPSA) is 68.4 Å². The van der Waals surface area contributed by atoms with Gasteiger partial charge >= 0.3 is 0 Å². The summed E-state index contributed by atoms with van der Waals surface area (Å²) in [7, 11) is 0. The number of halogens is 1. The molecule has 1 atom stereocenters. The number of para-hydroxylation sites is 1. The maximum absolute atomic E-state index is 11.7. The summed E-state index contributed by atoms with van der Waals surface area (Å²) in [4.78, 5) is 20.7. The minimum Gasteiger partial charge on any atom is -0.258 e. The van der Waals surface area contributed by atoms with Crippen LogP contribution in [-0.2, 0) is 12.8 Å². The molecular weight excluding hydrogens is 394 g/mol. The molecule has 1 aliphatic heterocycles. The Morgan fingerprint density at radius 3 is 2.69 bits per heavy atom. The number of hydrogen-bond acceptors (Lipinski definition) is 4. The number of fused-ring (bicyclic) bond motifs is 3. The zero-order chi connectivity index (χ0) is 18.3. The first-order valence-electron chi connectivity index (χ1n) is 8.48. The number of nitro groups is 1. The first kappa shape index (κ1) is 16.8. The number of nitrogens with zero attached hydrogens (tertiary/aromatic N) is 3. The Bertz CT molecular complexity index is 1010. The Kier molecular flexibility index (Phi) is 4.28. The number of aliphatic imine (C=N–C) groups is 1. The number of rotatable bonds is 4. The van der Waals surface area contributed by atoms with Gasteiger partial charge in [0.15, 0.2) is 0 Å². The second-order valence-corrected chi connectivity index (χ2v) is 7.15. The maximum Gasteiger partial charge on any atom is 0.292 e. The molecule has 2 aliphatic rings. The van der Waals surface area contributed by atoms with Crippen molar-refractivity contribution >= 4 is 32.9 Å². The van der Waals surface area contributed by atoms with Crippen molar-refractivity contribution in [3.63, 3.8) is 0 Å². The number of aryl methyl sites for hydroxylation is 1. The average molecular weight is 410 g/mol. The van der Waals surface area contributed by atoms with Gasteiger partial charge in [-0.05, 0) is 40.5 Å². The van der Waals surface area contributed by atoms with Crippen LogP contribution in [0.1, 0.15) is 23.9 Å². The molecule has 1 aromatic carbocycles. The summed E-state index contributed by atoms with van der Waals surface area (Å²) in [5.74, 6) is -0.0601. The van der Waals surface area contributed by atoms with Gasteiger partial charge in [0.05, 0.1) is 26.4 Å². The van der Waals surface area contributed by atoms with Gasteiger partial charge in [0, 0.05) is 29.3 Å². The second kappa shape index (κ2) is 6.61. The van der Waals surface area contributed by atoms with Crippen molar-refractivity contribution < 1.29 is 4.92 Å². The summed E-state index contributed by atoms with van der Waals surface area (Å²) in [6, 6.07) is 13.6. The zero-order valence-corrected chi connectivity index (χ0v) is 15.7. The molecule has 26 heavy (non-hydrogen) atoms. The first-order chi connectivity index (χ1) is 12.6. The lowest BCUT2D eigenvalue weighted by atomic mass is 9.85. The van der Waals surface area contributed by atoms with Crippen LogP contribution in [0.15, 0.2) is 63.7 Å². The fourth-order valence-electron chi connectivity index (χ4n) is 3.48. The molecule has 0 fully saturated rings. The fourth-order valence-corrected chi connectivity index (χ4v) is 4.14. The summed E-state index contributed by atoms with van der Waals surface area (Å²) >= 11 is 3.41. The molecule has 0 spiro atoms. The molecule has 130 valence electrons. The van der Waals surface area contributed by atoms with E-state index < -0.39 is 0 Å². The number of aromatic nitrogens is 1. The molecule has 2 aromatic rings. The van der Waals surface area contributed by atoms with Gasteiger partial charge in [-0.2, -0.15) is 0 Å². The molecule has 1 unspecified atom stereocenters. The molecule has 0 radical (unpaired) electrons. The van der Waals surface area contributed by atoms with E-state index in [0.29, 0.717) is 16.5 Å². The summed E-state index contributed by atoms with van der Waals surface area (Å²) in [6.07, 6.45) is 3.41. The lowest BCUT2D eigenvalue weighted by Crippen LogP contribution is -2.22. The van der Waals surface area contributed by atoms with Crippen molar-refractivity contribution in [3.05, 3.63) is 85.8 Å². The van der Waals surface area contributed by atoms with Crippen LogP contribution in [0, 0.1) is 16.0 Å². The summed E-state index contributed by atoms with van der Waals surface area (Å²) in [5.41, 5.74) is 5.07. The van der Waals surface area contributed by atoms with E-state index in [-0.39, 0.29) is 16.5 Å². The second-order valence-electron chi connectivity index (χ2n) is 6.29. The number of benzene rings is 1. The van der Waals surface area contributed by atoms with Crippen molar-refractivity contribution in [1.82, 2.24) is 4.98 Å². The van der Waals surface area contributed by atoms with E-state index in [4.69, 9.17) is 4.99 Å². The molecule has 0 saturated heterocycles. The SMILES string of the molecule is CCc1cccc(CC2C=C(Br)C([N+](=O)[O-])=C3C2=Nc2ccccc23)n1. The minimum atomic E-state index is -0.334. The number of pyridine rings is 1. The van der Waals surface area contributed by atoms with E-state index in [0.717, 1.165) is 34.8 Å². The van der Waals surface area contributed by atoms with Gasteiger partial charge < -0.3 is 0 Å². The Morgan fingerprint density at radius 1 is 1.15 bits per heavy atom. The average Bonchev–Trinajstić information content (AvgIpc) is 3.01. The third-order valence-corrected chi connectivity index (χ3v) is 5.31. The van der Waals surface area contributed by atoms with Crippen molar-refractivity contribution in [2.24, 2.45) is 10.9 Å². The van der Waals surface area contributed by atoms with Crippen LogP contribution >= 0.6 is 15.9 Å². The van der Waals surface area contributed by atoms with Crippen LogP contribution in [-0.4, -0.2) is 15.6 Å². The van der Waals surface area contributed by atoms with Gasteiger partial charge in [-0.15, -0.1) is 0 Å². The van der Waals surface area contributed by atoms with E-state index in [9.17, 15) is 10.1 Å². The Balaban J connectivity index is 1.79. The monoisotopic (exact) mass is 409 g/mol. The highest BCUT2D eigenvalue weighted by molar-refractivity contribution is 9.12. The smallest absolute Gasteiger partial charge is 0.258 e. The van der Waals surface area contributed by atoms with Gasteiger partial charge in [-0.1, -0.05) is 37.3 Å². The van der Waals surface area contributed by atoms with E-state index in [1.807, 2.05) is 48.5 Å². The zero-order valence-electron chi connectivity index (χ0n) is 14.1. The van der Waals surface area contributed by atoms with Gasteiger partial charge in [0.25, 0.3) is 5.70 Å². The highest BCUT2D eigenvalue weighted by atomic mass is 79.9. The summed E-state index contributed by atoms with van der Waals surface area (Å²) in [5, 5.41) is 11.7. The third kappa shape index (κ3) is 2.80. The van der Waals surface area contributed by atoms with Gasteiger partial charge in [0.1, 0.15) is 0 Å². The van der Waals surface area contributed by atoms with Crippen LogP contribution in [0.5, 0.6) is 0 Å². The van der Waals surface area contributed by atoms with Crippen molar-refractivity contribution in [1.29, 1.82) is 0 Å². The molecule has 0 saturated carbocycles. The molecule has 0 N–H and O–H groups in total. The molecular formula is C20H16BrN3O2. The lowest BCUT2D eigenvalue weighted by Gasteiger charge is -2.20. The lowest BCUT2D eigenvalue weighted by molar-refractivity contribution is -0.418. The molecule has 5 nitrogen and oxygen atoms in total. The minimum absolute atomic E-state index is 0.0601. The molecule has 2 heterocycles. The first-order valence-corrected chi connectivity index (χ1v) is 9.27. The third-order valence-electron chi connectivity index (χ3n) is 4.67. The van der Waals surface area contributed by atoms with Gasteiger partial charge in [0.2, 0.25) is 0 Å². The molecule has 0 bridgehead atoms. The van der Waals surface area contributed by atoms with Crippen LogP contribution in [0.4, 0.5) is 5.69 Å². The molecule has 1 aromatic heterocycles. The van der Waals surface area contributed by atoms with E-state index >= 15 is 0 Å². The van der Waals surface area contributed by atoms with E-state index in [2.05, 4.69) is 27.8 Å². The summed E-state index contributed by atoms with van der Waals surface area (Å²) < 4.78 is 0.504. The summed E-state index contributed by atoms with van der Waals surface area (Å²) in [6.45, 7) is 2.07. The maximum atomic E-state index is 11.7. The van der Waals surface area contributed by atoms with E-state index in [1.165, 1.54) is 0 Å². The van der Waals surface area contributed by atoms with Gasteiger partial charge in [-0.3, -0.25) is 20.1 Å². The van der Waals surface area contributed by atoms with Crippen LogP contribution in [0.3, 0.4) is 0 Å². The fraction of sp³-hybridized carbons (Fsp3) is 0.200. The molecule has 4 rings (SSSR count). The van der Waals surface area contributed by atoms with Crippen LogP contribution in [0.2, 0.25) is 0 Å². The normalized spacial score (nSPS) is 18.2. The highest BCUT2D eigenvalue weighted by Crippen LogP contribution is 2.45. The predicted octanol–water partition coefficient (Wildman–Crippen LogP) is 4.87. The van der Waals surface area contributed by atoms with Gasteiger partial charge in [-0.25, -0.2) is 0 Å². The Labute approximate surface area is 159 Å². The predicted molar refractivity (Wildman–Crippen MR) is 105 cm³/mol. The highest BCUT2D eigenvalue weighted by Gasteiger charge is 2.39. The standard InChI is InChI=1S/C20H16BrN3O2/c1-2-13-6-5-7-14(22-13)10-12-11-16(21)20(24(25)26)18-15-8-3-4-9-17(15)23-19(12)18/h3-9,11-12H,2,10H2,1H3. The van der Waals surface area contributed by atoms with Crippen molar-refractivity contribution in [2.45, 2.75) is 19.8 Å². The Morgan fingerprint density at radius 2 is 1.92 bits per heavy atom. The van der Waals surface area contributed by atoms with E-state index in [1.54, 1.807) is 0 Å². The number of hydrogen-bond donors (Lipinski definition) is 0. The quantitative estimate of drug-likeness (QED) is 0.534. The largest absolute Gasteiger partial charge is 0.292 e. The molecule has 0 amide bonds. The van der Waals surface area contributed by atoms with Crippen LogP contribution < -0.4 is 0 Å². The molecule has 1 aliphatic carbocycles. The van der Waals surface area contributed by atoms with Crippen molar-refractivity contribution in [2.75, 3.05) is 0 Å².